The highest BCUT2D eigenvalue weighted by atomic mass is 79.9. The van der Waals surface area contributed by atoms with Crippen LogP contribution < -0.4 is 4.74 Å². The molecule has 2 aromatic rings. The Morgan fingerprint density at radius 1 is 1.27 bits per heavy atom. The molecule has 0 atom stereocenters. The van der Waals surface area contributed by atoms with Gasteiger partial charge in [-0.1, -0.05) is 0 Å². The van der Waals surface area contributed by atoms with Gasteiger partial charge in [-0.25, -0.2) is 9.67 Å². The molecule has 0 bridgehead atoms. The summed E-state index contributed by atoms with van der Waals surface area (Å²) < 4.78 is 7.47. The maximum absolute atomic E-state index is 5.08. The SMILES string of the molecule is COc1ccc(-c2nc(Br)n(C)n2)cc1. The molecular formula is C10H10BrN3O. The zero-order valence-corrected chi connectivity index (χ0v) is 10.0. The fourth-order valence-corrected chi connectivity index (χ4v) is 1.48. The first-order chi connectivity index (χ1) is 7.20. The minimum atomic E-state index is 0.701. The van der Waals surface area contributed by atoms with Crippen LogP contribution in [0.4, 0.5) is 0 Å². The van der Waals surface area contributed by atoms with Crippen molar-refractivity contribution in [3.05, 3.63) is 29.0 Å². The number of methoxy groups -OCH3 is 1. The van der Waals surface area contributed by atoms with Crippen LogP contribution in [0.5, 0.6) is 5.75 Å². The lowest BCUT2D eigenvalue weighted by Gasteiger charge is -1.99. The van der Waals surface area contributed by atoms with Gasteiger partial charge in [-0.15, -0.1) is 0 Å². The Kier molecular flexibility index (Phi) is 2.73. The molecule has 4 nitrogen and oxygen atoms in total. The highest BCUT2D eigenvalue weighted by Gasteiger charge is 2.06. The van der Waals surface area contributed by atoms with E-state index in [2.05, 4.69) is 26.0 Å². The molecule has 0 N–H and O–H groups in total. The molecule has 2 rings (SSSR count). The molecule has 78 valence electrons. The Bertz CT molecular complexity index is 445. The summed E-state index contributed by atoms with van der Waals surface area (Å²) in [5, 5.41) is 4.25. The lowest BCUT2D eigenvalue weighted by Crippen LogP contribution is -1.90. The number of aryl methyl sites for hydroxylation is 1. The molecule has 0 radical (unpaired) electrons. The van der Waals surface area contributed by atoms with Crippen molar-refractivity contribution in [2.75, 3.05) is 7.11 Å². The number of hydrogen-bond acceptors (Lipinski definition) is 3. The second-order valence-corrected chi connectivity index (χ2v) is 3.77. The lowest BCUT2D eigenvalue weighted by molar-refractivity contribution is 0.415. The van der Waals surface area contributed by atoms with Crippen LogP contribution in [0.15, 0.2) is 29.0 Å². The third-order valence-electron chi connectivity index (χ3n) is 2.06. The number of ether oxygens (including phenoxy) is 1. The van der Waals surface area contributed by atoms with Crippen molar-refractivity contribution in [3.8, 4) is 17.1 Å². The van der Waals surface area contributed by atoms with Crippen LogP contribution in [-0.4, -0.2) is 21.9 Å². The lowest BCUT2D eigenvalue weighted by atomic mass is 10.2. The van der Waals surface area contributed by atoms with Gasteiger partial charge in [-0.3, -0.25) is 0 Å². The number of aromatic nitrogens is 3. The molecule has 0 amide bonds. The van der Waals surface area contributed by atoms with Crippen molar-refractivity contribution in [2.45, 2.75) is 0 Å². The minimum Gasteiger partial charge on any atom is -0.497 e. The van der Waals surface area contributed by atoms with Crippen LogP contribution in [0.2, 0.25) is 0 Å². The summed E-state index contributed by atoms with van der Waals surface area (Å²) in [6.45, 7) is 0. The first kappa shape index (κ1) is 10.2. The van der Waals surface area contributed by atoms with Gasteiger partial charge in [0.2, 0.25) is 0 Å². The van der Waals surface area contributed by atoms with Gasteiger partial charge in [0.25, 0.3) is 0 Å². The molecule has 1 aromatic heterocycles. The molecular weight excluding hydrogens is 258 g/mol. The van der Waals surface area contributed by atoms with E-state index >= 15 is 0 Å². The van der Waals surface area contributed by atoms with Crippen LogP contribution in [0, 0.1) is 0 Å². The molecule has 5 heteroatoms. The van der Waals surface area contributed by atoms with Crippen molar-refractivity contribution in [2.24, 2.45) is 7.05 Å². The van der Waals surface area contributed by atoms with Crippen molar-refractivity contribution in [3.63, 3.8) is 0 Å². The normalized spacial score (nSPS) is 10.3. The molecule has 0 spiro atoms. The third-order valence-corrected chi connectivity index (χ3v) is 2.75. The van der Waals surface area contributed by atoms with Crippen LogP contribution in [0.25, 0.3) is 11.4 Å². The van der Waals surface area contributed by atoms with E-state index in [1.54, 1.807) is 11.8 Å². The molecule has 0 aliphatic carbocycles. The predicted molar refractivity (Wildman–Crippen MR) is 60.7 cm³/mol. The zero-order chi connectivity index (χ0) is 10.8. The minimum absolute atomic E-state index is 0.701. The molecule has 0 fully saturated rings. The summed E-state index contributed by atoms with van der Waals surface area (Å²) in [6, 6.07) is 7.64. The first-order valence-electron chi connectivity index (χ1n) is 4.41. The van der Waals surface area contributed by atoms with E-state index < -0.39 is 0 Å². The molecule has 0 saturated heterocycles. The molecule has 1 heterocycles. The van der Waals surface area contributed by atoms with E-state index in [4.69, 9.17) is 4.74 Å². The molecule has 0 aliphatic heterocycles. The van der Waals surface area contributed by atoms with Crippen molar-refractivity contribution in [1.29, 1.82) is 0 Å². The van der Waals surface area contributed by atoms with Gasteiger partial charge in [0.15, 0.2) is 10.6 Å². The van der Waals surface area contributed by atoms with E-state index in [9.17, 15) is 0 Å². The van der Waals surface area contributed by atoms with E-state index in [0.29, 0.717) is 10.6 Å². The van der Waals surface area contributed by atoms with Crippen molar-refractivity contribution in [1.82, 2.24) is 14.8 Å². The first-order valence-corrected chi connectivity index (χ1v) is 5.21. The highest BCUT2D eigenvalue weighted by Crippen LogP contribution is 2.20. The molecule has 1 aromatic carbocycles. The number of rotatable bonds is 2. The summed E-state index contributed by atoms with van der Waals surface area (Å²) in [5.41, 5.74) is 0.970. The summed E-state index contributed by atoms with van der Waals surface area (Å²) in [7, 11) is 3.48. The van der Waals surface area contributed by atoms with Gasteiger partial charge < -0.3 is 4.74 Å². The van der Waals surface area contributed by atoms with Crippen LogP contribution in [0.1, 0.15) is 0 Å². The standard InChI is InChI=1S/C10H10BrN3O/c1-14-10(11)12-9(13-14)7-3-5-8(15-2)6-4-7/h3-6H,1-2H3. The second-order valence-electron chi connectivity index (χ2n) is 3.06. The Morgan fingerprint density at radius 2 is 1.93 bits per heavy atom. The summed E-state index contributed by atoms with van der Waals surface area (Å²) in [5.74, 6) is 1.53. The third kappa shape index (κ3) is 2.02. The number of benzene rings is 1. The Morgan fingerprint density at radius 3 is 2.40 bits per heavy atom. The number of halogens is 1. The maximum atomic E-state index is 5.08. The Balaban J connectivity index is 2.37. The average molecular weight is 268 g/mol. The highest BCUT2D eigenvalue weighted by molar-refractivity contribution is 9.10. The van der Waals surface area contributed by atoms with Crippen molar-refractivity contribution >= 4 is 15.9 Å². The smallest absolute Gasteiger partial charge is 0.195 e. The molecule has 15 heavy (non-hydrogen) atoms. The van der Waals surface area contributed by atoms with E-state index in [-0.39, 0.29) is 0 Å². The van der Waals surface area contributed by atoms with Crippen LogP contribution in [0.3, 0.4) is 0 Å². The Hall–Kier alpha value is -1.36. The number of nitrogens with zero attached hydrogens (tertiary/aromatic N) is 3. The fraction of sp³-hybridized carbons (Fsp3) is 0.200. The Labute approximate surface area is 96.0 Å². The van der Waals surface area contributed by atoms with Gasteiger partial charge in [-0.05, 0) is 40.2 Å². The van der Waals surface area contributed by atoms with Gasteiger partial charge in [0, 0.05) is 12.6 Å². The number of hydrogen-bond donors (Lipinski definition) is 0. The van der Waals surface area contributed by atoms with E-state index in [1.165, 1.54) is 0 Å². The monoisotopic (exact) mass is 267 g/mol. The molecule has 0 unspecified atom stereocenters. The van der Waals surface area contributed by atoms with Gasteiger partial charge in [0.1, 0.15) is 5.75 Å². The summed E-state index contributed by atoms with van der Waals surface area (Å²) in [4.78, 5) is 4.26. The quantitative estimate of drug-likeness (QED) is 0.838. The van der Waals surface area contributed by atoms with E-state index in [0.717, 1.165) is 11.3 Å². The molecule has 0 aliphatic rings. The van der Waals surface area contributed by atoms with Gasteiger partial charge in [0.05, 0.1) is 7.11 Å². The van der Waals surface area contributed by atoms with Crippen molar-refractivity contribution < 1.29 is 4.74 Å². The topological polar surface area (TPSA) is 39.9 Å². The van der Waals surface area contributed by atoms with E-state index in [1.807, 2.05) is 31.3 Å². The fourth-order valence-electron chi connectivity index (χ4n) is 1.23. The van der Waals surface area contributed by atoms with Gasteiger partial charge >= 0.3 is 0 Å². The van der Waals surface area contributed by atoms with Gasteiger partial charge in [-0.2, -0.15) is 5.10 Å². The maximum Gasteiger partial charge on any atom is 0.195 e. The largest absolute Gasteiger partial charge is 0.497 e. The molecule has 0 saturated carbocycles. The second kappa shape index (κ2) is 4.02. The average Bonchev–Trinajstić information content (AvgIpc) is 2.59. The summed E-state index contributed by atoms with van der Waals surface area (Å²) >= 11 is 3.31. The summed E-state index contributed by atoms with van der Waals surface area (Å²) in [6.07, 6.45) is 0. The van der Waals surface area contributed by atoms with Crippen LogP contribution >= 0.6 is 15.9 Å². The zero-order valence-electron chi connectivity index (χ0n) is 8.44. The van der Waals surface area contributed by atoms with Crippen LogP contribution in [-0.2, 0) is 7.05 Å². The predicted octanol–water partition coefficient (Wildman–Crippen LogP) is 2.25.